The molecular formula is C24H23FN4O2. The quantitative estimate of drug-likeness (QED) is 0.528. The zero-order chi connectivity index (χ0) is 22.1. The predicted molar refractivity (Wildman–Crippen MR) is 119 cm³/mol. The molecule has 0 atom stereocenters. The van der Waals surface area contributed by atoms with E-state index in [1.165, 1.54) is 12.1 Å². The van der Waals surface area contributed by atoms with Crippen molar-refractivity contribution in [3.63, 3.8) is 0 Å². The normalized spacial score (nSPS) is 11.0. The number of carbonyl (C=O) groups excluding carboxylic acids is 1. The highest BCUT2D eigenvalue weighted by Gasteiger charge is 2.18. The Balaban J connectivity index is 1.63. The van der Waals surface area contributed by atoms with Crippen LogP contribution in [0, 0.1) is 5.82 Å². The third-order valence-corrected chi connectivity index (χ3v) is 5.25. The van der Waals surface area contributed by atoms with Crippen molar-refractivity contribution in [1.82, 2.24) is 14.7 Å². The van der Waals surface area contributed by atoms with Crippen LogP contribution in [-0.4, -0.2) is 46.8 Å². The Morgan fingerprint density at radius 1 is 1.06 bits per heavy atom. The fraction of sp³-hybridized carbons (Fsp3) is 0.167. The van der Waals surface area contributed by atoms with Crippen molar-refractivity contribution >= 4 is 22.5 Å². The average molecular weight is 418 g/mol. The average Bonchev–Trinajstić information content (AvgIpc) is 3.19. The second-order valence-electron chi connectivity index (χ2n) is 7.64. The Hall–Kier alpha value is -3.87. The second kappa shape index (κ2) is 8.10. The molecule has 0 aliphatic carbocycles. The van der Waals surface area contributed by atoms with Crippen LogP contribution in [0.5, 0.6) is 5.75 Å². The van der Waals surface area contributed by atoms with Gasteiger partial charge in [0.15, 0.2) is 0 Å². The van der Waals surface area contributed by atoms with Gasteiger partial charge in [0.05, 0.1) is 23.0 Å². The number of nitrogens with zero attached hydrogens (tertiary/aromatic N) is 4. The summed E-state index contributed by atoms with van der Waals surface area (Å²) in [5.41, 5.74) is 3.52. The number of phenolic OH excluding ortho intramolecular Hbond substituents is 1. The molecule has 31 heavy (non-hydrogen) atoms. The molecule has 0 fully saturated rings. The number of aromatic nitrogens is 2. The largest absolute Gasteiger partial charge is 0.508 e. The van der Waals surface area contributed by atoms with Gasteiger partial charge in [-0.3, -0.25) is 4.79 Å². The van der Waals surface area contributed by atoms with Gasteiger partial charge in [0.25, 0.3) is 5.91 Å². The topological polar surface area (TPSA) is 61.6 Å². The summed E-state index contributed by atoms with van der Waals surface area (Å²) in [6.07, 6.45) is 1.64. The van der Waals surface area contributed by atoms with Gasteiger partial charge >= 0.3 is 0 Å². The highest BCUT2D eigenvalue weighted by molar-refractivity contribution is 6.06. The van der Waals surface area contributed by atoms with Gasteiger partial charge in [-0.25, -0.2) is 9.07 Å². The van der Waals surface area contributed by atoms with Gasteiger partial charge in [0.2, 0.25) is 0 Å². The second-order valence-corrected chi connectivity index (χ2v) is 7.64. The molecule has 0 radical (unpaired) electrons. The van der Waals surface area contributed by atoms with Crippen molar-refractivity contribution in [2.45, 2.75) is 6.54 Å². The third-order valence-electron chi connectivity index (χ3n) is 5.25. The van der Waals surface area contributed by atoms with Crippen LogP contribution in [0.3, 0.4) is 0 Å². The van der Waals surface area contributed by atoms with Gasteiger partial charge in [-0.05, 0) is 42.5 Å². The van der Waals surface area contributed by atoms with Gasteiger partial charge in [-0.1, -0.05) is 12.1 Å². The molecule has 7 heteroatoms. The van der Waals surface area contributed by atoms with Crippen molar-refractivity contribution in [2.24, 2.45) is 0 Å². The molecule has 1 aromatic heterocycles. The van der Waals surface area contributed by atoms with E-state index in [0.29, 0.717) is 22.2 Å². The zero-order valence-corrected chi connectivity index (χ0v) is 17.6. The Morgan fingerprint density at radius 2 is 1.81 bits per heavy atom. The van der Waals surface area contributed by atoms with Crippen LogP contribution >= 0.6 is 0 Å². The SMILES string of the molecule is CN(Cc1ccc(N(C)C)cc1O)C(=O)c1cccc2c1cnn2-c1ccc(F)cc1. The molecule has 1 heterocycles. The van der Waals surface area contributed by atoms with Gasteiger partial charge in [0, 0.05) is 50.4 Å². The highest BCUT2D eigenvalue weighted by atomic mass is 19.1. The fourth-order valence-electron chi connectivity index (χ4n) is 3.52. The molecule has 0 saturated heterocycles. The standard InChI is InChI=1S/C24H23FN4O2/c1-27(2)19-10-7-16(23(30)13-19)15-28(3)24(31)20-5-4-6-22-21(20)14-26-29(22)18-11-8-17(25)9-12-18/h4-14,30H,15H2,1-3H3. The first-order valence-electron chi connectivity index (χ1n) is 9.82. The van der Waals surface area contributed by atoms with Gasteiger partial charge in [0.1, 0.15) is 11.6 Å². The smallest absolute Gasteiger partial charge is 0.254 e. The molecule has 0 unspecified atom stereocenters. The first-order valence-corrected chi connectivity index (χ1v) is 9.82. The van der Waals surface area contributed by atoms with Gasteiger partial charge in [-0.15, -0.1) is 0 Å². The van der Waals surface area contributed by atoms with Crippen molar-refractivity contribution in [3.05, 3.63) is 83.8 Å². The number of halogens is 1. The van der Waals surface area contributed by atoms with Crippen LogP contribution < -0.4 is 4.90 Å². The van der Waals surface area contributed by atoms with Crippen molar-refractivity contribution < 1.29 is 14.3 Å². The van der Waals surface area contributed by atoms with E-state index in [1.54, 1.807) is 53.2 Å². The number of amides is 1. The van der Waals surface area contributed by atoms with E-state index < -0.39 is 0 Å². The van der Waals surface area contributed by atoms with E-state index >= 15 is 0 Å². The number of anilines is 1. The number of hydrogen-bond acceptors (Lipinski definition) is 4. The van der Waals surface area contributed by atoms with E-state index in [0.717, 1.165) is 11.2 Å². The van der Waals surface area contributed by atoms with Crippen LogP contribution in [-0.2, 0) is 6.54 Å². The zero-order valence-electron chi connectivity index (χ0n) is 17.6. The number of aromatic hydroxyl groups is 1. The molecule has 1 N–H and O–H groups in total. The molecule has 0 saturated carbocycles. The van der Waals surface area contributed by atoms with Crippen molar-refractivity contribution in [2.75, 3.05) is 26.0 Å². The lowest BCUT2D eigenvalue weighted by Gasteiger charge is -2.20. The minimum atomic E-state index is -0.320. The van der Waals surface area contributed by atoms with Crippen LogP contribution in [0.1, 0.15) is 15.9 Å². The van der Waals surface area contributed by atoms with E-state index in [9.17, 15) is 14.3 Å². The molecular weight excluding hydrogens is 395 g/mol. The minimum Gasteiger partial charge on any atom is -0.508 e. The monoisotopic (exact) mass is 418 g/mol. The predicted octanol–water partition coefficient (Wildman–Crippen LogP) is 4.21. The van der Waals surface area contributed by atoms with Crippen LogP contribution in [0.2, 0.25) is 0 Å². The maximum Gasteiger partial charge on any atom is 0.254 e. The van der Waals surface area contributed by atoms with E-state index in [2.05, 4.69) is 5.10 Å². The Kier molecular flexibility index (Phi) is 5.33. The molecule has 0 aliphatic heterocycles. The van der Waals surface area contributed by atoms with Gasteiger partial charge in [-0.2, -0.15) is 5.10 Å². The van der Waals surface area contributed by atoms with E-state index in [-0.39, 0.29) is 24.0 Å². The lowest BCUT2D eigenvalue weighted by molar-refractivity contribution is 0.0786. The molecule has 0 aliphatic rings. The third kappa shape index (κ3) is 3.94. The lowest BCUT2D eigenvalue weighted by Crippen LogP contribution is -2.26. The number of carbonyl (C=O) groups is 1. The molecule has 0 bridgehead atoms. The highest BCUT2D eigenvalue weighted by Crippen LogP contribution is 2.26. The summed E-state index contributed by atoms with van der Waals surface area (Å²) in [5, 5.41) is 15.5. The number of fused-ring (bicyclic) bond motifs is 1. The molecule has 6 nitrogen and oxygen atoms in total. The number of rotatable bonds is 5. The molecule has 4 aromatic rings. The molecule has 3 aromatic carbocycles. The number of hydrogen-bond donors (Lipinski definition) is 1. The van der Waals surface area contributed by atoms with Crippen LogP contribution in [0.15, 0.2) is 66.9 Å². The molecule has 4 rings (SSSR count). The minimum absolute atomic E-state index is 0.146. The maximum atomic E-state index is 13.3. The summed E-state index contributed by atoms with van der Waals surface area (Å²) in [7, 11) is 5.50. The van der Waals surface area contributed by atoms with Crippen LogP contribution in [0.25, 0.3) is 16.6 Å². The number of phenols is 1. The van der Waals surface area contributed by atoms with E-state index in [4.69, 9.17) is 0 Å². The first-order chi connectivity index (χ1) is 14.8. The molecule has 1 amide bonds. The van der Waals surface area contributed by atoms with Crippen LogP contribution in [0.4, 0.5) is 10.1 Å². The van der Waals surface area contributed by atoms with Gasteiger partial charge < -0.3 is 14.9 Å². The summed E-state index contributed by atoms with van der Waals surface area (Å²) in [6.45, 7) is 0.265. The maximum absolute atomic E-state index is 13.3. The van der Waals surface area contributed by atoms with Crippen molar-refractivity contribution in [1.29, 1.82) is 0 Å². The Labute approximate surface area is 179 Å². The Bertz CT molecular complexity index is 1250. The lowest BCUT2D eigenvalue weighted by atomic mass is 10.1. The summed E-state index contributed by atoms with van der Waals surface area (Å²) in [6, 6.07) is 16.9. The fourth-order valence-corrected chi connectivity index (χ4v) is 3.52. The summed E-state index contributed by atoms with van der Waals surface area (Å²) in [4.78, 5) is 16.7. The van der Waals surface area contributed by atoms with Crippen molar-refractivity contribution in [3.8, 4) is 11.4 Å². The van der Waals surface area contributed by atoms with E-state index in [1.807, 2.05) is 37.2 Å². The number of benzene rings is 3. The Morgan fingerprint density at radius 3 is 2.48 bits per heavy atom. The first kappa shape index (κ1) is 20.4. The summed E-state index contributed by atoms with van der Waals surface area (Å²) >= 11 is 0. The molecule has 158 valence electrons. The summed E-state index contributed by atoms with van der Waals surface area (Å²) < 4.78 is 14.9. The molecule has 0 spiro atoms. The summed E-state index contributed by atoms with van der Waals surface area (Å²) in [5.74, 6) is -0.354.